The zero-order valence-corrected chi connectivity index (χ0v) is 17.5. The van der Waals surface area contributed by atoms with Crippen LogP contribution in [0, 0.1) is 0 Å². The van der Waals surface area contributed by atoms with E-state index in [1.807, 2.05) is 48.5 Å². The van der Waals surface area contributed by atoms with Crippen LogP contribution in [0.4, 0.5) is 5.69 Å². The third-order valence-corrected chi connectivity index (χ3v) is 4.70. The lowest BCUT2D eigenvalue weighted by molar-refractivity contribution is -0.119. The van der Waals surface area contributed by atoms with Crippen LogP contribution in [0.1, 0.15) is 5.56 Å². The third kappa shape index (κ3) is 4.85. The van der Waals surface area contributed by atoms with E-state index in [1.165, 1.54) is 0 Å². The van der Waals surface area contributed by atoms with Crippen LogP contribution < -0.4 is 10.6 Å². The van der Waals surface area contributed by atoms with E-state index in [9.17, 15) is 4.79 Å². The van der Waals surface area contributed by atoms with E-state index in [-0.39, 0.29) is 17.4 Å². The Morgan fingerprint density at radius 2 is 1.93 bits per heavy atom. The molecule has 0 spiro atoms. The van der Waals surface area contributed by atoms with E-state index in [0.717, 1.165) is 15.6 Å². The second-order valence-corrected chi connectivity index (χ2v) is 7.58. The zero-order chi connectivity index (χ0) is 20.2. The van der Waals surface area contributed by atoms with Gasteiger partial charge in [-0.05, 0) is 58.0 Å². The highest BCUT2D eigenvalue weighted by molar-refractivity contribution is 9.10. The Morgan fingerprint density at radius 3 is 2.72 bits per heavy atom. The van der Waals surface area contributed by atoms with Crippen molar-refractivity contribution >= 4 is 56.0 Å². The molecule has 6 nitrogen and oxygen atoms in total. The van der Waals surface area contributed by atoms with Gasteiger partial charge in [0.15, 0.2) is 10.7 Å². The fraction of sp³-hybridized carbons (Fsp3) is 0.0476. The van der Waals surface area contributed by atoms with Crippen LogP contribution in [-0.4, -0.2) is 21.0 Å². The molecule has 0 saturated carbocycles. The van der Waals surface area contributed by atoms with Crippen molar-refractivity contribution in [3.05, 3.63) is 77.0 Å². The Bertz CT molecular complexity index is 1190. The summed E-state index contributed by atoms with van der Waals surface area (Å²) in [7, 11) is 0. The first-order valence-corrected chi connectivity index (χ1v) is 9.93. The first kappa shape index (κ1) is 19.2. The van der Waals surface area contributed by atoms with Gasteiger partial charge >= 0.3 is 0 Å². The summed E-state index contributed by atoms with van der Waals surface area (Å²) in [6.07, 6.45) is 3.64. The number of nitrogens with zero attached hydrogens (tertiary/aromatic N) is 2. The lowest BCUT2D eigenvalue weighted by Crippen LogP contribution is -2.35. The predicted molar refractivity (Wildman–Crippen MR) is 119 cm³/mol. The molecule has 0 aliphatic rings. The smallest absolute Gasteiger partial charge is 0.230 e. The SMILES string of the molecule is O=C(Cc1ccccc1)NC(=S)Nc1ccc2oc(-c3cncc(Br)c3)nc2c1. The number of fused-ring (bicyclic) bond motifs is 1. The quantitative estimate of drug-likeness (QED) is 0.424. The van der Waals surface area contributed by atoms with Crippen LogP contribution in [0.15, 0.2) is 75.9 Å². The Hall–Kier alpha value is -3.10. The van der Waals surface area contributed by atoms with E-state index >= 15 is 0 Å². The number of hydrogen-bond acceptors (Lipinski definition) is 5. The van der Waals surface area contributed by atoms with E-state index < -0.39 is 0 Å². The van der Waals surface area contributed by atoms with E-state index in [2.05, 4.69) is 36.5 Å². The fourth-order valence-corrected chi connectivity index (χ4v) is 3.37. The fourth-order valence-electron chi connectivity index (χ4n) is 2.77. The molecule has 2 aromatic carbocycles. The van der Waals surface area contributed by atoms with Crippen molar-refractivity contribution in [2.75, 3.05) is 5.32 Å². The van der Waals surface area contributed by atoms with Crippen LogP contribution in [-0.2, 0) is 11.2 Å². The van der Waals surface area contributed by atoms with Gasteiger partial charge in [0, 0.05) is 22.6 Å². The summed E-state index contributed by atoms with van der Waals surface area (Å²) in [5.41, 5.74) is 3.71. The minimum Gasteiger partial charge on any atom is -0.436 e. The molecule has 0 unspecified atom stereocenters. The van der Waals surface area contributed by atoms with Crippen molar-refractivity contribution in [2.24, 2.45) is 0 Å². The van der Waals surface area contributed by atoms with E-state index in [1.54, 1.807) is 18.5 Å². The maximum Gasteiger partial charge on any atom is 0.230 e. The molecule has 2 N–H and O–H groups in total. The normalized spacial score (nSPS) is 10.7. The molecule has 4 aromatic rings. The Kier molecular flexibility index (Phi) is 5.64. The number of nitrogens with one attached hydrogen (secondary N) is 2. The number of aromatic nitrogens is 2. The van der Waals surface area contributed by atoms with E-state index in [0.29, 0.717) is 22.7 Å². The minimum absolute atomic E-state index is 0.180. The number of oxazole rings is 1. The molecular formula is C21H15BrN4O2S. The van der Waals surface area contributed by atoms with Crippen LogP contribution in [0.2, 0.25) is 0 Å². The number of anilines is 1. The summed E-state index contributed by atoms with van der Waals surface area (Å²) >= 11 is 8.64. The van der Waals surface area contributed by atoms with Crippen molar-refractivity contribution in [3.63, 3.8) is 0 Å². The number of benzene rings is 2. The number of rotatable bonds is 4. The maximum atomic E-state index is 12.1. The summed E-state index contributed by atoms with van der Waals surface area (Å²) in [5.74, 6) is 0.297. The molecule has 1 amide bonds. The highest BCUT2D eigenvalue weighted by Crippen LogP contribution is 2.27. The van der Waals surface area contributed by atoms with Gasteiger partial charge in [-0.15, -0.1) is 0 Å². The monoisotopic (exact) mass is 466 g/mol. The molecule has 4 rings (SSSR count). The van der Waals surface area contributed by atoms with Crippen molar-refractivity contribution in [3.8, 4) is 11.5 Å². The van der Waals surface area contributed by atoms with Gasteiger partial charge in [0.25, 0.3) is 0 Å². The number of pyridine rings is 1. The molecule has 2 aromatic heterocycles. The number of halogens is 1. The molecular weight excluding hydrogens is 452 g/mol. The van der Waals surface area contributed by atoms with Crippen molar-refractivity contribution in [1.82, 2.24) is 15.3 Å². The maximum absolute atomic E-state index is 12.1. The third-order valence-electron chi connectivity index (χ3n) is 4.06. The van der Waals surface area contributed by atoms with Gasteiger partial charge < -0.3 is 15.1 Å². The summed E-state index contributed by atoms with van der Waals surface area (Å²) in [6.45, 7) is 0. The first-order valence-electron chi connectivity index (χ1n) is 8.73. The average molecular weight is 467 g/mol. The van der Waals surface area contributed by atoms with Crippen LogP contribution >= 0.6 is 28.1 Å². The molecule has 0 aliphatic carbocycles. The number of carbonyl (C=O) groups is 1. The zero-order valence-electron chi connectivity index (χ0n) is 15.1. The second kappa shape index (κ2) is 8.50. The second-order valence-electron chi connectivity index (χ2n) is 6.26. The van der Waals surface area contributed by atoms with Crippen LogP contribution in [0.5, 0.6) is 0 Å². The summed E-state index contributed by atoms with van der Waals surface area (Å²) in [6, 6.07) is 16.8. The lowest BCUT2D eigenvalue weighted by Gasteiger charge is -2.09. The average Bonchev–Trinajstić information content (AvgIpc) is 3.12. The molecule has 0 bridgehead atoms. The largest absolute Gasteiger partial charge is 0.436 e. The highest BCUT2D eigenvalue weighted by atomic mass is 79.9. The Labute approximate surface area is 180 Å². The molecule has 8 heteroatoms. The Morgan fingerprint density at radius 1 is 1.10 bits per heavy atom. The number of thiocarbonyl (C=S) groups is 1. The number of hydrogen-bond donors (Lipinski definition) is 2. The Balaban J connectivity index is 1.44. The van der Waals surface area contributed by atoms with Gasteiger partial charge in [0.2, 0.25) is 11.8 Å². The molecule has 144 valence electrons. The summed E-state index contributed by atoms with van der Waals surface area (Å²) in [4.78, 5) is 20.8. The van der Waals surface area contributed by atoms with Gasteiger partial charge in [-0.2, -0.15) is 0 Å². The first-order chi connectivity index (χ1) is 14.1. The molecule has 0 fully saturated rings. The highest BCUT2D eigenvalue weighted by Gasteiger charge is 2.11. The lowest BCUT2D eigenvalue weighted by atomic mass is 10.1. The molecule has 0 saturated heterocycles. The molecule has 0 aliphatic heterocycles. The number of carbonyl (C=O) groups excluding carboxylic acids is 1. The topological polar surface area (TPSA) is 80.0 Å². The van der Waals surface area contributed by atoms with Crippen molar-refractivity contribution in [1.29, 1.82) is 0 Å². The van der Waals surface area contributed by atoms with Crippen LogP contribution in [0.3, 0.4) is 0 Å². The van der Waals surface area contributed by atoms with E-state index in [4.69, 9.17) is 16.6 Å². The van der Waals surface area contributed by atoms with Crippen molar-refractivity contribution in [2.45, 2.75) is 6.42 Å². The van der Waals surface area contributed by atoms with Crippen LogP contribution in [0.25, 0.3) is 22.6 Å². The van der Waals surface area contributed by atoms with Gasteiger partial charge in [0.1, 0.15) is 5.52 Å². The van der Waals surface area contributed by atoms with Gasteiger partial charge in [-0.3, -0.25) is 9.78 Å². The molecule has 2 heterocycles. The molecule has 29 heavy (non-hydrogen) atoms. The summed E-state index contributed by atoms with van der Waals surface area (Å²) < 4.78 is 6.64. The predicted octanol–water partition coefficient (Wildman–Crippen LogP) is 4.71. The summed E-state index contributed by atoms with van der Waals surface area (Å²) in [5, 5.41) is 5.92. The van der Waals surface area contributed by atoms with Gasteiger partial charge in [0.05, 0.1) is 12.0 Å². The minimum atomic E-state index is -0.180. The molecule has 0 atom stereocenters. The number of amides is 1. The molecule has 0 radical (unpaired) electrons. The van der Waals surface area contributed by atoms with Gasteiger partial charge in [-0.1, -0.05) is 30.3 Å². The standard InChI is InChI=1S/C21H15BrN4O2S/c22-15-9-14(11-23-12-15)20-25-17-10-16(6-7-18(17)28-20)24-21(29)26-19(27)8-13-4-2-1-3-5-13/h1-7,9-12H,8H2,(H2,24,26,27,29). The van der Waals surface area contributed by atoms with Gasteiger partial charge in [-0.25, -0.2) is 4.98 Å². The van der Waals surface area contributed by atoms with Crippen molar-refractivity contribution < 1.29 is 9.21 Å².